The van der Waals surface area contributed by atoms with Crippen LogP contribution in [0.25, 0.3) is 11.4 Å². The molecule has 0 aliphatic carbocycles. The van der Waals surface area contributed by atoms with E-state index in [0.29, 0.717) is 0 Å². The second kappa shape index (κ2) is 4.72. The number of amides is 2. The molecule has 100 valence electrons. The summed E-state index contributed by atoms with van der Waals surface area (Å²) in [5, 5.41) is 27.6. The molecule has 0 saturated heterocycles. The van der Waals surface area contributed by atoms with Crippen LogP contribution in [0.15, 0.2) is 12.1 Å². The number of primary amides is 1. The first-order valence-corrected chi connectivity index (χ1v) is 5.10. The Morgan fingerprint density at radius 3 is 2.79 bits per heavy atom. The van der Waals surface area contributed by atoms with Gasteiger partial charge >= 0.3 is 6.03 Å². The number of hydrogen-bond donors (Lipinski definition) is 5. The number of anilines is 1. The van der Waals surface area contributed by atoms with Crippen molar-refractivity contribution in [1.29, 1.82) is 0 Å². The maximum atomic E-state index is 10.6. The molecule has 6 N–H and O–H groups in total. The van der Waals surface area contributed by atoms with Crippen LogP contribution >= 0.6 is 0 Å². The van der Waals surface area contributed by atoms with E-state index in [1.165, 1.54) is 13.2 Å². The number of H-pyrrole nitrogens is 1. The van der Waals surface area contributed by atoms with Crippen molar-refractivity contribution < 1.29 is 19.7 Å². The lowest BCUT2D eigenvalue weighted by Crippen LogP contribution is -2.20. The number of aromatic hydroxyl groups is 2. The number of phenols is 2. The third-order valence-corrected chi connectivity index (χ3v) is 2.27. The molecule has 1 aromatic heterocycles. The van der Waals surface area contributed by atoms with Crippen molar-refractivity contribution in [1.82, 2.24) is 15.2 Å². The lowest BCUT2D eigenvalue weighted by atomic mass is 10.1. The number of methoxy groups -OCH3 is 1. The number of urea groups is 1. The molecule has 19 heavy (non-hydrogen) atoms. The highest BCUT2D eigenvalue weighted by Crippen LogP contribution is 2.37. The number of hydrogen-bond acceptors (Lipinski definition) is 6. The minimum absolute atomic E-state index is 0.0334. The van der Waals surface area contributed by atoms with Crippen LogP contribution in [0.5, 0.6) is 17.2 Å². The monoisotopic (exact) mass is 265 g/mol. The Hall–Kier alpha value is -2.97. The molecule has 9 heteroatoms. The number of carbonyl (C=O) groups is 1. The molecule has 0 bridgehead atoms. The molecule has 2 aromatic rings. The van der Waals surface area contributed by atoms with Crippen molar-refractivity contribution in [2.75, 3.05) is 12.4 Å². The van der Waals surface area contributed by atoms with Gasteiger partial charge in [-0.25, -0.2) is 4.79 Å². The van der Waals surface area contributed by atoms with E-state index in [1.54, 1.807) is 0 Å². The van der Waals surface area contributed by atoms with E-state index in [2.05, 4.69) is 20.5 Å². The maximum Gasteiger partial charge on any atom is 0.319 e. The quantitative estimate of drug-likeness (QED) is 0.542. The summed E-state index contributed by atoms with van der Waals surface area (Å²) in [5.74, 6) is -0.124. The van der Waals surface area contributed by atoms with Crippen molar-refractivity contribution in [2.24, 2.45) is 5.73 Å². The molecule has 0 unspecified atom stereocenters. The van der Waals surface area contributed by atoms with Gasteiger partial charge in [-0.2, -0.15) is 4.98 Å². The predicted molar refractivity (Wildman–Crippen MR) is 64.9 cm³/mol. The minimum atomic E-state index is -0.807. The Labute approximate surface area is 107 Å². The number of nitrogens with zero attached hydrogens (tertiary/aromatic N) is 2. The third kappa shape index (κ3) is 2.49. The molecule has 0 aliphatic heterocycles. The average molecular weight is 265 g/mol. The zero-order valence-electron chi connectivity index (χ0n) is 9.84. The maximum absolute atomic E-state index is 10.6. The number of carbonyl (C=O) groups excluding carboxylic acids is 1. The summed E-state index contributed by atoms with van der Waals surface area (Å²) in [6.45, 7) is 0. The molecule has 0 saturated carbocycles. The molecule has 0 spiro atoms. The summed E-state index contributed by atoms with van der Waals surface area (Å²) in [7, 11) is 1.37. The van der Waals surface area contributed by atoms with Gasteiger partial charge in [-0.05, 0) is 6.07 Å². The van der Waals surface area contributed by atoms with Crippen LogP contribution < -0.4 is 15.8 Å². The van der Waals surface area contributed by atoms with Gasteiger partial charge in [0, 0.05) is 6.07 Å². The van der Waals surface area contributed by atoms with E-state index in [0.717, 1.165) is 6.07 Å². The highest BCUT2D eigenvalue weighted by atomic mass is 16.5. The first-order chi connectivity index (χ1) is 9.01. The standard InChI is InChI=1S/C10H11N5O4/c1-19-7-2-4(5(16)3-6(7)17)8-12-10(15-14-8)13-9(11)18/h2-3,16-17H,1H3,(H4,11,12,13,14,15,18). The summed E-state index contributed by atoms with van der Waals surface area (Å²) in [6, 6.07) is 1.68. The summed E-state index contributed by atoms with van der Waals surface area (Å²) >= 11 is 0. The van der Waals surface area contributed by atoms with Gasteiger partial charge in [0.1, 0.15) is 5.75 Å². The Morgan fingerprint density at radius 1 is 1.42 bits per heavy atom. The minimum Gasteiger partial charge on any atom is -0.507 e. The van der Waals surface area contributed by atoms with E-state index in [4.69, 9.17) is 10.5 Å². The second-order valence-corrected chi connectivity index (χ2v) is 3.54. The summed E-state index contributed by atoms with van der Waals surface area (Å²) in [6.07, 6.45) is 0. The molecule has 0 atom stereocenters. The number of nitrogens with two attached hydrogens (primary N) is 1. The smallest absolute Gasteiger partial charge is 0.319 e. The largest absolute Gasteiger partial charge is 0.507 e. The fraction of sp³-hybridized carbons (Fsp3) is 0.100. The lowest BCUT2D eigenvalue weighted by Gasteiger charge is -2.06. The van der Waals surface area contributed by atoms with Crippen LogP contribution in [0.4, 0.5) is 10.7 Å². The van der Waals surface area contributed by atoms with Crippen LogP contribution in [0, 0.1) is 0 Å². The van der Waals surface area contributed by atoms with Gasteiger partial charge in [0.15, 0.2) is 17.3 Å². The predicted octanol–water partition coefficient (Wildman–Crippen LogP) is 0.382. The summed E-state index contributed by atoms with van der Waals surface area (Å²) in [5.41, 5.74) is 5.17. The molecular formula is C10H11N5O4. The molecule has 2 rings (SSSR count). The Kier molecular flexibility index (Phi) is 3.10. The Morgan fingerprint density at radius 2 is 2.16 bits per heavy atom. The Balaban J connectivity index is 2.41. The number of phenolic OH excluding ortho intramolecular Hbond substituents is 2. The van der Waals surface area contributed by atoms with Gasteiger partial charge in [-0.15, -0.1) is 5.10 Å². The average Bonchev–Trinajstić information content (AvgIpc) is 2.76. The van der Waals surface area contributed by atoms with Gasteiger partial charge in [0.2, 0.25) is 5.95 Å². The molecule has 0 radical (unpaired) electrons. The number of benzene rings is 1. The molecule has 0 aliphatic rings. The fourth-order valence-electron chi connectivity index (χ4n) is 1.46. The van der Waals surface area contributed by atoms with Gasteiger partial charge in [-0.1, -0.05) is 0 Å². The molecule has 1 aromatic carbocycles. The van der Waals surface area contributed by atoms with Gasteiger partial charge in [0.05, 0.1) is 12.7 Å². The fourth-order valence-corrected chi connectivity index (χ4v) is 1.46. The third-order valence-electron chi connectivity index (χ3n) is 2.27. The highest BCUT2D eigenvalue weighted by Gasteiger charge is 2.14. The van der Waals surface area contributed by atoms with Crippen LogP contribution in [0.2, 0.25) is 0 Å². The molecule has 9 nitrogen and oxygen atoms in total. The van der Waals surface area contributed by atoms with Gasteiger partial charge < -0.3 is 20.7 Å². The van der Waals surface area contributed by atoms with Gasteiger partial charge in [0.25, 0.3) is 0 Å². The number of aromatic nitrogens is 3. The van der Waals surface area contributed by atoms with Gasteiger partial charge in [-0.3, -0.25) is 10.4 Å². The van der Waals surface area contributed by atoms with E-state index in [9.17, 15) is 15.0 Å². The Bertz CT molecular complexity index is 624. The number of aromatic amines is 1. The van der Waals surface area contributed by atoms with Crippen LogP contribution in [-0.2, 0) is 0 Å². The summed E-state index contributed by atoms with van der Waals surface area (Å²) < 4.78 is 4.92. The zero-order valence-corrected chi connectivity index (χ0v) is 9.84. The van der Waals surface area contributed by atoms with E-state index < -0.39 is 6.03 Å². The van der Waals surface area contributed by atoms with E-state index >= 15 is 0 Å². The molecule has 0 fully saturated rings. The van der Waals surface area contributed by atoms with E-state index in [-0.39, 0.29) is 34.6 Å². The topological polar surface area (TPSA) is 146 Å². The second-order valence-electron chi connectivity index (χ2n) is 3.54. The van der Waals surface area contributed by atoms with Crippen molar-refractivity contribution in [3.05, 3.63) is 12.1 Å². The normalized spacial score (nSPS) is 10.2. The van der Waals surface area contributed by atoms with Crippen molar-refractivity contribution in [3.8, 4) is 28.6 Å². The number of nitrogens with one attached hydrogen (secondary N) is 2. The molecule has 2 amide bonds. The van der Waals surface area contributed by atoms with Crippen molar-refractivity contribution >= 4 is 12.0 Å². The number of rotatable bonds is 3. The molecular weight excluding hydrogens is 254 g/mol. The van der Waals surface area contributed by atoms with Crippen LogP contribution in [0.3, 0.4) is 0 Å². The van der Waals surface area contributed by atoms with Crippen LogP contribution in [-0.4, -0.2) is 38.5 Å². The SMILES string of the molecule is COc1cc(-c2nc(NC(N)=O)n[nH]2)c(O)cc1O. The first-order valence-electron chi connectivity index (χ1n) is 5.10. The van der Waals surface area contributed by atoms with Crippen LogP contribution in [0.1, 0.15) is 0 Å². The lowest BCUT2D eigenvalue weighted by molar-refractivity contribution is 0.259. The first kappa shape index (κ1) is 12.5. The molecule has 1 heterocycles. The number of ether oxygens (including phenoxy) is 1. The van der Waals surface area contributed by atoms with E-state index in [1.807, 2.05) is 0 Å². The van der Waals surface area contributed by atoms with Crippen molar-refractivity contribution in [2.45, 2.75) is 0 Å². The highest BCUT2D eigenvalue weighted by molar-refractivity contribution is 5.86. The summed E-state index contributed by atoms with van der Waals surface area (Å²) in [4.78, 5) is 14.6. The zero-order chi connectivity index (χ0) is 14.0. The van der Waals surface area contributed by atoms with Crippen molar-refractivity contribution in [3.63, 3.8) is 0 Å².